The highest BCUT2D eigenvalue weighted by atomic mass is 35.5. The molecule has 0 spiro atoms. The zero-order chi connectivity index (χ0) is 6.69. The molecule has 0 aliphatic heterocycles. The van der Waals surface area contributed by atoms with Gasteiger partial charge in [-0.1, -0.05) is 36.9 Å². The minimum Gasteiger partial charge on any atom is -0.147 e. The molecule has 0 saturated carbocycles. The largest absolute Gasteiger partial charge is 0.147 e. The lowest BCUT2D eigenvalue weighted by Crippen LogP contribution is -1.86. The highest BCUT2D eigenvalue weighted by molar-refractivity contribution is 7.27. The Hall–Kier alpha value is -0.320. The summed E-state index contributed by atoms with van der Waals surface area (Å²) in [7, 11) is 2.64. The van der Waals surface area contributed by atoms with Crippen LogP contribution in [0.4, 0.5) is 0 Å². The molecule has 0 radical (unpaired) electrons. The third-order valence-corrected chi connectivity index (χ3v) is 1.56. The fourth-order valence-corrected chi connectivity index (χ4v) is 0.825. The van der Waals surface area contributed by atoms with Crippen molar-refractivity contribution in [2.45, 2.75) is 0 Å². The molecule has 0 heterocycles. The van der Waals surface area contributed by atoms with E-state index >= 15 is 0 Å². The highest BCUT2D eigenvalue weighted by Crippen LogP contribution is 1.99. The summed E-state index contributed by atoms with van der Waals surface area (Å²) < 4.78 is 0. The highest BCUT2D eigenvalue weighted by Gasteiger charge is 1.82. The Morgan fingerprint density at radius 1 is 1.20 bits per heavy atom. The molecule has 1 unspecified atom stereocenters. The Morgan fingerprint density at radius 3 is 2.10 bits per heavy atom. The molecular weight excluding hydrogens is 163 g/mol. The fourth-order valence-electron chi connectivity index (χ4n) is 0.632. The minimum atomic E-state index is 0. The molecule has 0 aliphatic carbocycles. The average molecular weight is 173 g/mol. The van der Waals surface area contributed by atoms with Crippen LogP contribution in [0.2, 0.25) is 0 Å². The molecule has 54 valence electrons. The van der Waals surface area contributed by atoms with E-state index in [-0.39, 0.29) is 12.4 Å². The summed E-state index contributed by atoms with van der Waals surface area (Å²) in [6, 6.07) is 8.16. The molecule has 0 saturated heterocycles. The van der Waals surface area contributed by atoms with Crippen molar-refractivity contribution >= 4 is 33.0 Å². The predicted molar refractivity (Wildman–Crippen MR) is 53.1 cm³/mol. The van der Waals surface area contributed by atoms with Gasteiger partial charge in [0.05, 0.1) is 0 Å². The van der Waals surface area contributed by atoms with E-state index in [2.05, 4.69) is 15.8 Å². The van der Waals surface area contributed by atoms with Gasteiger partial charge < -0.3 is 0 Å². The third-order valence-electron chi connectivity index (χ3n) is 1.17. The van der Waals surface area contributed by atoms with Gasteiger partial charge in [-0.2, -0.15) is 0 Å². The van der Waals surface area contributed by atoms with Crippen LogP contribution in [0.25, 0.3) is 6.08 Å². The number of rotatable bonds is 1. The number of benzene rings is 1. The second-order valence-electron chi connectivity index (χ2n) is 1.87. The van der Waals surface area contributed by atoms with Crippen molar-refractivity contribution in [3.8, 4) is 0 Å². The van der Waals surface area contributed by atoms with Crippen molar-refractivity contribution in [1.29, 1.82) is 0 Å². The molecule has 1 aromatic rings. The van der Waals surface area contributed by atoms with Crippen LogP contribution in [0.15, 0.2) is 30.8 Å². The predicted octanol–water partition coefficient (Wildman–Crippen LogP) is 2.25. The van der Waals surface area contributed by atoms with Gasteiger partial charge in [0.25, 0.3) is 0 Å². The van der Waals surface area contributed by atoms with Crippen LogP contribution in [0, 0.1) is 0 Å². The maximum absolute atomic E-state index is 3.65. The summed E-state index contributed by atoms with van der Waals surface area (Å²) in [5.41, 5.74) is 1.17. The van der Waals surface area contributed by atoms with E-state index in [0.717, 1.165) is 0 Å². The Balaban J connectivity index is 0.000000810. The van der Waals surface area contributed by atoms with Crippen LogP contribution in [-0.2, 0) is 0 Å². The first kappa shape index (κ1) is 9.68. The van der Waals surface area contributed by atoms with Crippen molar-refractivity contribution in [3.05, 3.63) is 36.4 Å². The van der Waals surface area contributed by atoms with Crippen LogP contribution in [0.3, 0.4) is 0 Å². The van der Waals surface area contributed by atoms with E-state index in [9.17, 15) is 0 Å². The van der Waals surface area contributed by atoms with Gasteiger partial charge in [-0.05, 0) is 10.9 Å². The number of halogens is 1. The molecule has 0 amide bonds. The zero-order valence-corrected chi connectivity index (χ0v) is 7.55. The Bertz CT molecular complexity index is 203. The normalized spacial score (nSPS) is 8.10. The van der Waals surface area contributed by atoms with Gasteiger partial charge in [-0.3, -0.25) is 0 Å². The monoisotopic (exact) mass is 172 g/mol. The second-order valence-corrected chi connectivity index (χ2v) is 2.54. The van der Waals surface area contributed by atoms with Gasteiger partial charge >= 0.3 is 0 Å². The van der Waals surface area contributed by atoms with Gasteiger partial charge in [0.2, 0.25) is 0 Å². The van der Waals surface area contributed by atoms with Gasteiger partial charge in [-0.15, -0.1) is 21.6 Å². The van der Waals surface area contributed by atoms with Crippen LogP contribution < -0.4 is 5.30 Å². The van der Waals surface area contributed by atoms with E-state index in [1.807, 2.05) is 30.3 Å². The van der Waals surface area contributed by atoms with Gasteiger partial charge in [0, 0.05) is 0 Å². The maximum Gasteiger partial charge on any atom is -0.0262 e. The molecule has 0 fully saturated rings. The van der Waals surface area contributed by atoms with Crippen LogP contribution >= 0.6 is 21.6 Å². The van der Waals surface area contributed by atoms with Crippen LogP contribution in [0.5, 0.6) is 0 Å². The average Bonchev–Trinajstić information content (AvgIpc) is 1.90. The minimum absolute atomic E-state index is 0. The topological polar surface area (TPSA) is 0 Å². The fraction of sp³-hybridized carbons (Fsp3) is 0. The molecule has 2 heteroatoms. The summed E-state index contributed by atoms with van der Waals surface area (Å²) in [6.07, 6.45) is 1.84. The Labute approximate surface area is 70.0 Å². The first-order valence-corrected chi connectivity index (χ1v) is 3.38. The number of hydrogen-bond acceptors (Lipinski definition) is 0. The van der Waals surface area contributed by atoms with Crippen LogP contribution in [-0.4, -0.2) is 0 Å². The Morgan fingerprint density at radius 2 is 1.70 bits per heavy atom. The van der Waals surface area contributed by atoms with Crippen LogP contribution in [0.1, 0.15) is 5.56 Å². The molecule has 10 heavy (non-hydrogen) atoms. The molecule has 0 bridgehead atoms. The molecule has 0 N–H and O–H groups in total. The quantitative estimate of drug-likeness (QED) is 0.570. The molecule has 1 atom stereocenters. The van der Waals surface area contributed by atoms with E-state index in [1.54, 1.807) is 0 Å². The lowest BCUT2D eigenvalue weighted by molar-refractivity contribution is 1.71. The van der Waals surface area contributed by atoms with E-state index in [1.165, 1.54) is 10.9 Å². The lowest BCUT2D eigenvalue weighted by atomic mass is 10.2. The maximum atomic E-state index is 3.65. The SMILES string of the molecule is C=Cc1ccc(P)cc1.Cl. The van der Waals surface area contributed by atoms with Gasteiger partial charge in [0.1, 0.15) is 0 Å². The standard InChI is InChI=1S/C8H9P.ClH/c1-2-7-3-5-8(9)6-4-7;/h2-6H,1,9H2;1H. The first-order chi connectivity index (χ1) is 4.33. The van der Waals surface area contributed by atoms with E-state index < -0.39 is 0 Å². The molecule has 1 rings (SSSR count). The van der Waals surface area contributed by atoms with Gasteiger partial charge in [-0.25, -0.2) is 0 Å². The Kier molecular flexibility index (Phi) is 4.34. The summed E-state index contributed by atoms with van der Waals surface area (Å²) >= 11 is 0. The smallest absolute Gasteiger partial charge is 0.0262 e. The summed E-state index contributed by atoms with van der Waals surface area (Å²) in [5.74, 6) is 0. The zero-order valence-electron chi connectivity index (χ0n) is 5.58. The number of hydrogen-bond donors (Lipinski definition) is 0. The molecule has 1 aromatic carbocycles. The summed E-state index contributed by atoms with van der Waals surface area (Å²) in [4.78, 5) is 0. The first-order valence-electron chi connectivity index (χ1n) is 2.81. The molecule has 0 nitrogen and oxygen atoms in total. The third kappa shape index (κ3) is 2.51. The lowest BCUT2D eigenvalue weighted by Gasteiger charge is -1.91. The molecule has 0 aromatic heterocycles. The second kappa shape index (κ2) is 4.49. The van der Waals surface area contributed by atoms with Crippen molar-refractivity contribution in [1.82, 2.24) is 0 Å². The van der Waals surface area contributed by atoms with E-state index in [4.69, 9.17) is 0 Å². The van der Waals surface area contributed by atoms with Crippen molar-refractivity contribution in [3.63, 3.8) is 0 Å². The summed E-state index contributed by atoms with van der Waals surface area (Å²) in [5, 5.41) is 1.21. The van der Waals surface area contributed by atoms with Crippen molar-refractivity contribution in [2.75, 3.05) is 0 Å². The van der Waals surface area contributed by atoms with Crippen molar-refractivity contribution in [2.24, 2.45) is 0 Å². The van der Waals surface area contributed by atoms with Gasteiger partial charge in [0.15, 0.2) is 0 Å². The summed E-state index contributed by atoms with van der Waals surface area (Å²) in [6.45, 7) is 3.65. The molecule has 0 aliphatic rings. The molecular formula is C8H10ClP. The van der Waals surface area contributed by atoms with Crippen molar-refractivity contribution < 1.29 is 0 Å². The van der Waals surface area contributed by atoms with E-state index in [0.29, 0.717) is 0 Å².